The zero-order valence-electron chi connectivity index (χ0n) is 12.4. The van der Waals surface area contributed by atoms with Crippen molar-refractivity contribution in [1.29, 1.82) is 0 Å². The highest BCUT2D eigenvalue weighted by atomic mass is 32.1. The highest BCUT2D eigenvalue weighted by molar-refractivity contribution is 7.10. The van der Waals surface area contributed by atoms with Crippen LogP contribution < -0.4 is 14.8 Å². The van der Waals surface area contributed by atoms with E-state index in [0.29, 0.717) is 11.5 Å². The molecule has 1 N–H and O–H groups in total. The number of fused-ring (bicyclic) bond motifs is 1. The quantitative estimate of drug-likeness (QED) is 0.878. The van der Waals surface area contributed by atoms with Crippen molar-refractivity contribution in [2.75, 3.05) is 6.79 Å². The Balaban J connectivity index is 1.60. The molecule has 7 heteroatoms. The van der Waals surface area contributed by atoms with Gasteiger partial charge in [-0.25, -0.2) is 4.79 Å². The Morgan fingerprint density at radius 1 is 1.26 bits per heavy atom. The lowest BCUT2D eigenvalue weighted by Gasteiger charge is -2.20. The Kier molecular flexibility index (Phi) is 3.05. The molecule has 2 aliphatic heterocycles. The molecule has 4 rings (SSSR count). The van der Waals surface area contributed by atoms with E-state index in [1.807, 2.05) is 23.6 Å². The van der Waals surface area contributed by atoms with Gasteiger partial charge in [0.1, 0.15) is 0 Å². The monoisotopic (exact) mass is 330 g/mol. The topological polar surface area (TPSA) is 67.9 Å². The first-order chi connectivity index (χ1) is 11.1. The number of amides is 3. The minimum absolute atomic E-state index is 0.193. The number of nitrogens with zero attached hydrogens (tertiary/aromatic N) is 1. The molecule has 118 valence electrons. The predicted molar refractivity (Wildman–Crippen MR) is 83.3 cm³/mol. The zero-order valence-corrected chi connectivity index (χ0v) is 13.2. The first-order valence-electron chi connectivity index (χ1n) is 7.14. The molecule has 23 heavy (non-hydrogen) atoms. The second-order valence-electron chi connectivity index (χ2n) is 5.61. The Morgan fingerprint density at radius 3 is 2.87 bits per heavy atom. The van der Waals surface area contributed by atoms with Gasteiger partial charge in [0.15, 0.2) is 17.0 Å². The van der Waals surface area contributed by atoms with Gasteiger partial charge in [0.2, 0.25) is 6.79 Å². The van der Waals surface area contributed by atoms with Gasteiger partial charge >= 0.3 is 6.03 Å². The van der Waals surface area contributed by atoms with E-state index in [-0.39, 0.29) is 25.3 Å². The molecular formula is C16H14N2O4S. The van der Waals surface area contributed by atoms with Gasteiger partial charge in [0, 0.05) is 4.88 Å². The first-order valence-corrected chi connectivity index (χ1v) is 8.02. The maximum atomic E-state index is 12.8. The highest BCUT2D eigenvalue weighted by Gasteiger charge is 2.49. The Labute approximate surface area is 136 Å². The van der Waals surface area contributed by atoms with Crippen molar-refractivity contribution in [1.82, 2.24) is 10.2 Å². The number of benzene rings is 1. The van der Waals surface area contributed by atoms with Crippen LogP contribution in [-0.4, -0.2) is 23.6 Å². The number of carbonyl (C=O) groups excluding carboxylic acids is 2. The van der Waals surface area contributed by atoms with Gasteiger partial charge in [-0.2, -0.15) is 0 Å². The van der Waals surface area contributed by atoms with Crippen LogP contribution in [-0.2, 0) is 16.9 Å². The van der Waals surface area contributed by atoms with Gasteiger partial charge in [-0.3, -0.25) is 9.69 Å². The molecule has 1 aromatic carbocycles. The molecule has 0 spiro atoms. The van der Waals surface area contributed by atoms with Crippen LogP contribution >= 0.6 is 11.3 Å². The molecule has 3 heterocycles. The van der Waals surface area contributed by atoms with Crippen molar-refractivity contribution in [2.45, 2.75) is 19.0 Å². The molecule has 1 fully saturated rings. The fourth-order valence-corrected chi connectivity index (χ4v) is 3.63. The second-order valence-corrected chi connectivity index (χ2v) is 6.56. The van der Waals surface area contributed by atoms with E-state index < -0.39 is 5.54 Å². The van der Waals surface area contributed by atoms with Crippen LogP contribution in [0.25, 0.3) is 0 Å². The summed E-state index contributed by atoms with van der Waals surface area (Å²) in [6, 6.07) is 8.74. The van der Waals surface area contributed by atoms with Crippen LogP contribution in [0.5, 0.6) is 11.5 Å². The fraction of sp³-hybridized carbons (Fsp3) is 0.250. The normalized spacial score (nSPS) is 22.6. The van der Waals surface area contributed by atoms with Gasteiger partial charge in [-0.1, -0.05) is 12.1 Å². The van der Waals surface area contributed by atoms with E-state index in [1.54, 1.807) is 19.1 Å². The van der Waals surface area contributed by atoms with Crippen molar-refractivity contribution in [3.63, 3.8) is 0 Å². The summed E-state index contributed by atoms with van der Waals surface area (Å²) >= 11 is 1.45. The lowest BCUT2D eigenvalue weighted by atomic mass is 10.0. The fourth-order valence-electron chi connectivity index (χ4n) is 2.79. The lowest BCUT2D eigenvalue weighted by Crippen LogP contribution is -2.40. The number of hydrogen-bond acceptors (Lipinski definition) is 5. The van der Waals surface area contributed by atoms with Gasteiger partial charge < -0.3 is 14.8 Å². The van der Waals surface area contributed by atoms with Gasteiger partial charge in [-0.15, -0.1) is 11.3 Å². The van der Waals surface area contributed by atoms with Crippen LogP contribution in [0.4, 0.5) is 4.79 Å². The number of thiophene rings is 1. The number of rotatable bonds is 3. The number of imide groups is 1. The molecule has 0 bridgehead atoms. The van der Waals surface area contributed by atoms with Crippen molar-refractivity contribution >= 4 is 23.3 Å². The van der Waals surface area contributed by atoms with Gasteiger partial charge in [0.25, 0.3) is 5.91 Å². The molecular weight excluding hydrogens is 316 g/mol. The summed E-state index contributed by atoms with van der Waals surface area (Å²) in [6.07, 6.45) is 0. The lowest BCUT2D eigenvalue weighted by molar-refractivity contribution is -0.131. The summed E-state index contributed by atoms with van der Waals surface area (Å²) in [5.41, 5.74) is -0.185. The van der Waals surface area contributed by atoms with E-state index in [2.05, 4.69) is 5.32 Å². The van der Waals surface area contributed by atoms with Crippen molar-refractivity contribution < 1.29 is 19.1 Å². The Morgan fingerprint density at radius 2 is 2.09 bits per heavy atom. The van der Waals surface area contributed by atoms with E-state index in [9.17, 15) is 9.59 Å². The Bertz CT molecular complexity index is 789. The van der Waals surface area contributed by atoms with Crippen LogP contribution in [0, 0.1) is 0 Å². The predicted octanol–water partition coefficient (Wildman–Crippen LogP) is 2.44. The van der Waals surface area contributed by atoms with Crippen molar-refractivity contribution in [2.24, 2.45) is 0 Å². The van der Waals surface area contributed by atoms with E-state index in [0.717, 1.165) is 10.4 Å². The third-order valence-electron chi connectivity index (χ3n) is 4.07. The van der Waals surface area contributed by atoms with Crippen molar-refractivity contribution in [3.8, 4) is 11.5 Å². The number of ether oxygens (including phenoxy) is 2. The van der Waals surface area contributed by atoms with E-state index in [1.165, 1.54) is 16.2 Å². The standard InChI is InChI=1S/C16H14N2O4S/c1-16(13-3-2-6-23-13)14(19)18(15(20)17-16)8-10-4-5-11-12(7-10)22-9-21-11/h2-7H,8-9H2,1H3,(H,17,20). The third-order valence-corrected chi connectivity index (χ3v) is 5.16. The molecule has 2 aromatic rings. The average molecular weight is 330 g/mol. The summed E-state index contributed by atoms with van der Waals surface area (Å²) in [7, 11) is 0. The molecule has 1 aromatic heterocycles. The number of nitrogens with one attached hydrogen (secondary N) is 1. The summed E-state index contributed by atoms with van der Waals surface area (Å²) in [5, 5.41) is 4.69. The summed E-state index contributed by atoms with van der Waals surface area (Å²) in [6.45, 7) is 2.12. The third kappa shape index (κ3) is 2.16. The molecule has 0 radical (unpaired) electrons. The van der Waals surface area contributed by atoms with Crippen LogP contribution in [0.3, 0.4) is 0 Å². The second kappa shape index (κ2) is 4.99. The van der Waals surface area contributed by atoms with Crippen LogP contribution in [0.1, 0.15) is 17.4 Å². The maximum absolute atomic E-state index is 12.8. The largest absolute Gasteiger partial charge is 0.454 e. The average Bonchev–Trinajstić information content (AvgIpc) is 3.25. The number of urea groups is 1. The number of carbonyl (C=O) groups is 2. The maximum Gasteiger partial charge on any atom is 0.325 e. The van der Waals surface area contributed by atoms with Gasteiger partial charge in [0.05, 0.1) is 6.54 Å². The van der Waals surface area contributed by atoms with Crippen LogP contribution in [0.2, 0.25) is 0 Å². The molecule has 3 amide bonds. The molecule has 1 saturated heterocycles. The Hall–Kier alpha value is -2.54. The number of hydrogen-bond donors (Lipinski definition) is 1. The first kappa shape index (κ1) is 14.1. The summed E-state index contributed by atoms with van der Waals surface area (Å²) in [5.74, 6) is 1.06. The molecule has 0 saturated carbocycles. The minimum Gasteiger partial charge on any atom is -0.454 e. The summed E-state index contributed by atoms with van der Waals surface area (Å²) in [4.78, 5) is 27.1. The molecule has 2 aliphatic rings. The molecule has 0 aliphatic carbocycles. The molecule has 1 unspecified atom stereocenters. The summed E-state index contributed by atoms with van der Waals surface area (Å²) < 4.78 is 10.6. The SMILES string of the molecule is CC1(c2cccs2)NC(=O)N(Cc2ccc3c(c2)OCO3)C1=O. The smallest absolute Gasteiger partial charge is 0.325 e. The highest BCUT2D eigenvalue weighted by Crippen LogP contribution is 2.35. The molecule has 6 nitrogen and oxygen atoms in total. The molecule has 1 atom stereocenters. The van der Waals surface area contributed by atoms with Gasteiger partial charge in [-0.05, 0) is 36.1 Å². The zero-order chi connectivity index (χ0) is 16.0. The van der Waals surface area contributed by atoms with Crippen molar-refractivity contribution in [3.05, 3.63) is 46.2 Å². The van der Waals surface area contributed by atoms with Crippen LogP contribution in [0.15, 0.2) is 35.7 Å². The van der Waals surface area contributed by atoms with E-state index in [4.69, 9.17) is 9.47 Å². The minimum atomic E-state index is -0.998. The van der Waals surface area contributed by atoms with E-state index >= 15 is 0 Å².